The minimum absolute atomic E-state index is 0.0891. The molecule has 4 atom stereocenters. The fourth-order valence-electron chi connectivity index (χ4n) is 7.47. The number of aromatic hydroxyl groups is 1. The molecule has 1 amide bonds. The van der Waals surface area contributed by atoms with Crippen LogP contribution in [-0.2, 0) is 18.3 Å². The Labute approximate surface area is 197 Å². The molecule has 174 valence electrons. The van der Waals surface area contributed by atoms with Gasteiger partial charge < -0.3 is 25.2 Å². The predicted molar refractivity (Wildman–Crippen MR) is 128 cm³/mol. The maximum atomic E-state index is 12.7. The first kappa shape index (κ1) is 20.2. The normalized spacial score (nSPS) is 31.2. The third-order valence-electron chi connectivity index (χ3n) is 8.80. The summed E-state index contributed by atoms with van der Waals surface area (Å²) < 4.78 is 6.52. The zero-order valence-corrected chi connectivity index (χ0v) is 19.5. The first-order chi connectivity index (χ1) is 16.4. The lowest BCUT2D eigenvalue weighted by Gasteiger charge is -2.62. The molecule has 1 fully saturated rings. The van der Waals surface area contributed by atoms with Gasteiger partial charge in [0.15, 0.2) is 17.6 Å². The Bertz CT molecular complexity index is 1440. The van der Waals surface area contributed by atoms with Crippen LogP contribution in [-0.4, -0.2) is 51.2 Å². The van der Waals surface area contributed by atoms with Gasteiger partial charge in [0.05, 0.1) is 33.5 Å². The van der Waals surface area contributed by atoms with Gasteiger partial charge in [-0.1, -0.05) is 26.0 Å². The van der Waals surface area contributed by atoms with E-state index in [1.54, 1.807) is 6.07 Å². The predicted octanol–water partition coefficient (Wildman–Crippen LogP) is 3.45. The molecule has 0 radical (unpaired) electrons. The number of piperidine rings is 1. The number of phenols is 1. The van der Waals surface area contributed by atoms with Crippen LogP contribution < -0.4 is 10.1 Å². The Hall–Kier alpha value is -3.16. The van der Waals surface area contributed by atoms with Crippen molar-refractivity contribution in [2.45, 2.75) is 56.3 Å². The zero-order valence-electron chi connectivity index (χ0n) is 19.5. The van der Waals surface area contributed by atoms with Crippen molar-refractivity contribution in [3.05, 3.63) is 58.3 Å². The van der Waals surface area contributed by atoms with Crippen molar-refractivity contribution in [3.63, 3.8) is 0 Å². The van der Waals surface area contributed by atoms with Crippen LogP contribution in [0.1, 0.15) is 59.1 Å². The van der Waals surface area contributed by atoms with Gasteiger partial charge in [-0.15, -0.1) is 0 Å². The van der Waals surface area contributed by atoms with Gasteiger partial charge in [0.25, 0.3) is 5.91 Å². The molecule has 7 nitrogen and oxygen atoms in total. The number of anilines is 1. The molecule has 5 aliphatic rings. The molecule has 3 aromatic rings. The summed E-state index contributed by atoms with van der Waals surface area (Å²) >= 11 is 0. The maximum absolute atomic E-state index is 12.7. The van der Waals surface area contributed by atoms with E-state index >= 15 is 0 Å². The minimum Gasteiger partial charge on any atom is -0.504 e. The van der Waals surface area contributed by atoms with Crippen molar-refractivity contribution in [2.75, 3.05) is 18.9 Å². The second-order valence-electron chi connectivity index (χ2n) is 9.97. The van der Waals surface area contributed by atoms with Crippen molar-refractivity contribution in [1.29, 1.82) is 0 Å². The van der Waals surface area contributed by atoms with E-state index in [9.17, 15) is 15.0 Å². The van der Waals surface area contributed by atoms with Gasteiger partial charge in [-0.05, 0) is 50.2 Å². The standard InChI is InChI=1S/C25H21N3O4.C2H6/c1-28-8-7-24-18-11-5-6-15(29)21(18)32-22(24)20-13(10-25(24,31)16(28)9-11)19-17-12(23(30)27-19)3-2-4-14(17)26-20;1-2/h2-6,16,22,29,31H,7-10H2,1H3,(H,27,30);1-2H3/t16-,22+,24+,25-;/m1./s1. The molecular weight excluding hydrogens is 430 g/mol. The van der Waals surface area contributed by atoms with Crippen LogP contribution in [0, 0.1) is 0 Å². The number of hydrogen-bond donors (Lipinski definition) is 3. The Morgan fingerprint density at radius 2 is 2.06 bits per heavy atom. The van der Waals surface area contributed by atoms with Crippen LogP contribution in [0.25, 0.3) is 10.9 Å². The number of fused-ring (bicyclic) bond motifs is 3. The lowest BCUT2D eigenvalue weighted by Crippen LogP contribution is -2.74. The zero-order chi connectivity index (χ0) is 23.6. The molecule has 1 saturated heterocycles. The summed E-state index contributed by atoms with van der Waals surface area (Å²) in [6.45, 7) is 4.83. The number of likely N-dealkylation sites (N-methyl/N-ethyl adjacent to an activating group) is 1. The molecule has 8 rings (SSSR count). The number of aromatic nitrogens is 1. The molecule has 3 N–H and O–H groups in total. The van der Waals surface area contributed by atoms with Crippen LogP contribution in [0.5, 0.6) is 11.5 Å². The van der Waals surface area contributed by atoms with Crippen LogP contribution in [0.15, 0.2) is 30.3 Å². The third-order valence-corrected chi connectivity index (χ3v) is 8.80. The number of ether oxygens (including phenoxy) is 1. The second kappa shape index (κ2) is 6.29. The highest BCUT2D eigenvalue weighted by Crippen LogP contribution is 2.69. The molecule has 1 spiro atoms. The van der Waals surface area contributed by atoms with E-state index in [-0.39, 0.29) is 17.7 Å². The number of benzene rings is 2. The van der Waals surface area contributed by atoms with E-state index in [4.69, 9.17) is 9.72 Å². The summed E-state index contributed by atoms with van der Waals surface area (Å²) in [5.41, 5.74) is 4.06. The molecule has 1 aromatic heterocycles. The Morgan fingerprint density at radius 1 is 1.24 bits per heavy atom. The summed E-state index contributed by atoms with van der Waals surface area (Å²) in [5, 5.41) is 27.1. The molecule has 2 aliphatic carbocycles. The van der Waals surface area contributed by atoms with Gasteiger partial charge in [-0.25, -0.2) is 4.98 Å². The number of amides is 1. The Balaban J connectivity index is 0.000000977. The van der Waals surface area contributed by atoms with Crippen molar-refractivity contribution in [1.82, 2.24) is 9.88 Å². The average Bonchev–Trinajstić information content (AvgIpc) is 3.37. The van der Waals surface area contributed by atoms with Crippen LogP contribution in [0.4, 0.5) is 5.69 Å². The highest BCUT2D eigenvalue weighted by atomic mass is 16.5. The highest BCUT2D eigenvalue weighted by molar-refractivity contribution is 6.24. The van der Waals surface area contributed by atoms with Gasteiger partial charge in [-0.3, -0.25) is 4.79 Å². The average molecular weight is 458 g/mol. The number of hydrogen-bond acceptors (Lipinski definition) is 6. The molecule has 7 heteroatoms. The maximum Gasteiger partial charge on any atom is 0.256 e. The van der Waals surface area contributed by atoms with E-state index in [0.717, 1.165) is 45.5 Å². The van der Waals surface area contributed by atoms with Crippen LogP contribution in [0.2, 0.25) is 0 Å². The van der Waals surface area contributed by atoms with Crippen LogP contribution >= 0.6 is 0 Å². The summed E-state index contributed by atoms with van der Waals surface area (Å²) in [7, 11) is 2.07. The number of likely N-dealkylation sites (tertiary alicyclic amines) is 1. The number of carbonyl (C=O) groups is 1. The Morgan fingerprint density at radius 3 is 2.88 bits per heavy atom. The molecule has 34 heavy (non-hydrogen) atoms. The monoisotopic (exact) mass is 457 g/mol. The number of nitrogens with one attached hydrogen (secondary N) is 1. The first-order valence-corrected chi connectivity index (χ1v) is 12.2. The van der Waals surface area contributed by atoms with Gasteiger partial charge in [0.2, 0.25) is 0 Å². The quantitative estimate of drug-likeness (QED) is 0.479. The molecule has 0 unspecified atom stereocenters. The summed E-state index contributed by atoms with van der Waals surface area (Å²) in [6.07, 6.45) is 1.28. The summed E-state index contributed by atoms with van der Waals surface area (Å²) in [5.74, 6) is 0.456. The first-order valence-electron chi connectivity index (χ1n) is 12.2. The topological polar surface area (TPSA) is 94.9 Å². The fraction of sp³-hybridized carbons (Fsp3) is 0.407. The number of carbonyl (C=O) groups excluding carboxylic acids is 1. The van der Waals surface area contributed by atoms with E-state index in [1.807, 2.05) is 38.1 Å². The second-order valence-corrected chi connectivity index (χ2v) is 9.97. The number of rotatable bonds is 0. The van der Waals surface area contributed by atoms with E-state index in [1.165, 1.54) is 0 Å². The third kappa shape index (κ3) is 2.00. The SMILES string of the molecule is CC.CN1CC[C@]23c4c5ccc(O)c4O[C@H]2c2nc4cccc6c4c(c2C[C@@]3(O)[C@H]1C5)NC6=O. The lowest BCUT2D eigenvalue weighted by molar-refractivity contribution is -0.167. The number of aliphatic hydroxyl groups is 1. The van der Waals surface area contributed by atoms with Crippen LogP contribution in [0.3, 0.4) is 0 Å². The van der Waals surface area contributed by atoms with E-state index < -0.39 is 17.1 Å². The van der Waals surface area contributed by atoms with Gasteiger partial charge in [-0.2, -0.15) is 0 Å². The van der Waals surface area contributed by atoms with Gasteiger partial charge in [0, 0.05) is 29.0 Å². The molecule has 4 heterocycles. The van der Waals surface area contributed by atoms with E-state index in [0.29, 0.717) is 30.6 Å². The number of pyridine rings is 1. The van der Waals surface area contributed by atoms with Gasteiger partial charge >= 0.3 is 0 Å². The van der Waals surface area contributed by atoms with E-state index in [2.05, 4.69) is 17.3 Å². The molecule has 3 aliphatic heterocycles. The molecule has 2 aromatic carbocycles. The fourth-order valence-corrected chi connectivity index (χ4v) is 7.47. The minimum atomic E-state index is -1.10. The molecule has 2 bridgehead atoms. The van der Waals surface area contributed by atoms with Crippen molar-refractivity contribution in [3.8, 4) is 11.5 Å². The highest BCUT2D eigenvalue weighted by Gasteiger charge is 2.72. The lowest BCUT2D eigenvalue weighted by atomic mass is 9.49. The molecular formula is C27H27N3O4. The number of nitrogens with zero attached hydrogens (tertiary/aromatic N) is 2. The van der Waals surface area contributed by atoms with Crippen molar-refractivity contribution >= 4 is 22.5 Å². The van der Waals surface area contributed by atoms with Crippen molar-refractivity contribution in [2.24, 2.45) is 0 Å². The smallest absolute Gasteiger partial charge is 0.256 e. The van der Waals surface area contributed by atoms with Crippen molar-refractivity contribution < 1.29 is 19.7 Å². The Kier molecular flexibility index (Phi) is 3.74. The summed E-state index contributed by atoms with van der Waals surface area (Å²) in [6, 6.07) is 9.17. The van der Waals surface area contributed by atoms with Gasteiger partial charge in [0.1, 0.15) is 0 Å². The number of phenolic OH excluding ortho intramolecular Hbond substituents is 1. The largest absolute Gasteiger partial charge is 0.504 e. The molecule has 0 saturated carbocycles. The summed E-state index contributed by atoms with van der Waals surface area (Å²) in [4.78, 5) is 20.0.